The number of ether oxygens (including phenoxy) is 3. The number of hydrogen-bond donors (Lipinski definition) is 2. The van der Waals surface area contributed by atoms with E-state index in [0.717, 1.165) is 12.7 Å². The Morgan fingerprint density at radius 3 is 2.26 bits per heavy atom. The largest absolute Gasteiger partial charge is 0.507 e. The number of aryl methyl sites for hydroxylation is 2. The van der Waals surface area contributed by atoms with Gasteiger partial charge in [-0.15, -0.1) is 0 Å². The molecule has 0 aromatic heterocycles. The fraction of sp³-hybridized carbons (Fsp3) is 0.261. The molecule has 8 nitrogen and oxygen atoms in total. The van der Waals surface area contributed by atoms with Crippen molar-refractivity contribution in [2.45, 2.75) is 20.3 Å². The third-order valence-electron chi connectivity index (χ3n) is 5.11. The van der Waals surface area contributed by atoms with Gasteiger partial charge < -0.3 is 24.6 Å². The number of aromatic hydroxyl groups is 1. The van der Waals surface area contributed by atoms with Crippen molar-refractivity contribution < 1.29 is 33.7 Å². The molecule has 2 aromatic rings. The van der Waals surface area contributed by atoms with Crippen LogP contribution >= 0.6 is 0 Å². The van der Waals surface area contributed by atoms with Crippen LogP contribution in [-0.4, -0.2) is 44.1 Å². The summed E-state index contributed by atoms with van der Waals surface area (Å²) in [4.78, 5) is 37.1. The Kier molecular flexibility index (Phi) is 6.01. The van der Waals surface area contributed by atoms with Gasteiger partial charge in [0, 0.05) is 12.0 Å². The number of anilines is 1. The van der Waals surface area contributed by atoms with Crippen molar-refractivity contribution in [2.24, 2.45) is 0 Å². The quantitative estimate of drug-likeness (QED) is 0.440. The normalized spacial score (nSPS) is 13.7. The molecule has 0 bridgehead atoms. The first-order valence-electron chi connectivity index (χ1n) is 9.44. The van der Waals surface area contributed by atoms with Crippen molar-refractivity contribution in [2.75, 3.05) is 26.6 Å². The number of phenolic OH excluding ortho intramolecular Hbond substituents is 1. The van der Waals surface area contributed by atoms with Crippen LogP contribution in [0.3, 0.4) is 0 Å². The van der Waals surface area contributed by atoms with Gasteiger partial charge in [-0.1, -0.05) is 0 Å². The molecule has 1 aliphatic carbocycles. The van der Waals surface area contributed by atoms with Crippen LogP contribution in [0.15, 0.2) is 23.8 Å². The minimum atomic E-state index is -1.10. The average Bonchev–Trinajstić information content (AvgIpc) is 3.05. The molecule has 162 valence electrons. The first kappa shape index (κ1) is 21.9. The number of esters is 1. The number of hydrogen-bond acceptors (Lipinski definition) is 7. The molecule has 0 spiro atoms. The maximum absolute atomic E-state index is 13.3. The highest BCUT2D eigenvalue weighted by molar-refractivity contribution is 6.38. The van der Waals surface area contributed by atoms with Gasteiger partial charge >= 0.3 is 11.9 Å². The number of ketones is 1. The monoisotopic (exact) mass is 425 g/mol. The van der Waals surface area contributed by atoms with Gasteiger partial charge in [-0.05, 0) is 60.4 Å². The molecule has 1 aliphatic rings. The third kappa shape index (κ3) is 3.96. The van der Waals surface area contributed by atoms with Gasteiger partial charge in [-0.2, -0.15) is 0 Å². The Bertz CT molecular complexity index is 1110. The summed E-state index contributed by atoms with van der Waals surface area (Å²) < 4.78 is 15.2. The van der Waals surface area contributed by atoms with Gasteiger partial charge in [0.05, 0.1) is 32.6 Å². The zero-order chi connectivity index (χ0) is 22.9. The number of allylic oxidation sites excluding steroid dienone is 1. The fourth-order valence-electron chi connectivity index (χ4n) is 3.66. The molecule has 0 radical (unpaired) electrons. The standard InChI is InChI=1S/C23H23NO7/c1-11-6-13(7-12(2)19(11)25)8-15-9-14-10-16(29-3)21(30-4)18(17(14)20(15)26)24-22(27)23(28)31-5/h6-8,10,25H,9H2,1-5H3,(H,24,27). The van der Waals surface area contributed by atoms with E-state index < -0.39 is 11.9 Å². The fourth-order valence-corrected chi connectivity index (χ4v) is 3.66. The summed E-state index contributed by atoms with van der Waals surface area (Å²) in [5.41, 5.74) is 3.56. The molecular weight excluding hydrogens is 402 g/mol. The summed E-state index contributed by atoms with van der Waals surface area (Å²) in [5, 5.41) is 12.4. The van der Waals surface area contributed by atoms with Crippen LogP contribution in [0.4, 0.5) is 5.69 Å². The summed E-state index contributed by atoms with van der Waals surface area (Å²) >= 11 is 0. The van der Waals surface area contributed by atoms with Crippen LogP contribution in [0, 0.1) is 13.8 Å². The number of fused-ring (bicyclic) bond motifs is 1. The molecular formula is C23H23NO7. The predicted octanol–water partition coefficient (Wildman–Crippen LogP) is 2.96. The number of rotatable bonds is 4. The lowest BCUT2D eigenvalue weighted by Crippen LogP contribution is -2.25. The van der Waals surface area contributed by atoms with Gasteiger partial charge in [0.25, 0.3) is 0 Å². The zero-order valence-electron chi connectivity index (χ0n) is 17.9. The van der Waals surface area contributed by atoms with Gasteiger partial charge in [0.1, 0.15) is 5.75 Å². The Balaban J connectivity index is 2.12. The topological polar surface area (TPSA) is 111 Å². The van der Waals surface area contributed by atoms with E-state index in [1.54, 1.807) is 38.1 Å². The Labute approximate surface area is 179 Å². The van der Waals surface area contributed by atoms with Gasteiger partial charge in [0.2, 0.25) is 0 Å². The van der Waals surface area contributed by atoms with E-state index in [-0.39, 0.29) is 28.5 Å². The van der Waals surface area contributed by atoms with E-state index in [2.05, 4.69) is 10.1 Å². The maximum atomic E-state index is 13.3. The van der Waals surface area contributed by atoms with Crippen LogP contribution in [0.2, 0.25) is 0 Å². The first-order chi connectivity index (χ1) is 14.7. The molecule has 8 heteroatoms. The van der Waals surface area contributed by atoms with Crippen molar-refractivity contribution in [1.29, 1.82) is 0 Å². The van der Waals surface area contributed by atoms with Crippen LogP contribution in [0.25, 0.3) is 6.08 Å². The molecule has 0 saturated carbocycles. The second-order valence-electron chi connectivity index (χ2n) is 7.15. The average molecular weight is 425 g/mol. The second kappa shape index (κ2) is 8.51. The van der Waals surface area contributed by atoms with Crippen molar-refractivity contribution in [3.63, 3.8) is 0 Å². The summed E-state index contributed by atoms with van der Waals surface area (Å²) in [6, 6.07) is 5.24. The van der Waals surface area contributed by atoms with Crippen LogP contribution < -0.4 is 14.8 Å². The van der Waals surface area contributed by atoms with Crippen LogP contribution in [-0.2, 0) is 20.7 Å². The summed E-state index contributed by atoms with van der Waals surface area (Å²) in [6.45, 7) is 3.57. The van der Waals surface area contributed by atoms with Crippen molar-refractivity contribution in [1.82, 2.24) is 0 Å². The highest BCUT2D eigenvalue weighted by atomic mass is 16.5. The lowest BCUT2D eigenvalue weighted by atomic mass is 10.0. The van der Waals surface area contributed by atoms with E-state index >= 15 is 0 Å². The first-order valence-corrected chi connectivity index (χ1v) is 9.44. The number of benzene rings is 2. The molecule has 2 aromatic carbocycles. The molecule has 0 atom stereocenters. The smallest absolute Gasteiger partial charge is 0.396 e. The van der Waals surface area contributed by atoms with E-state index in [0.29, 0.717) is 34.4 Å². The molecule has 0 heterocycles. The molecule has 0 saturated heterocycles. The molecule has 2 N–H and O–H groups in total. The SMILES string of the molecule is COC(=O)C(=O)Nc1c(OC)c(OC)cc2c1C(=O)C(=Cc1cc(C)c(O)c(C)c1)C2. The summed E-state index contributed by atoms with van der Waals surface area (Å²) in [5.74, 6) is -1.79. The van der Waals surface area contributed by atoms with Crippen molar-refractivity contribution >= 4 is 29.4 Å². The Hall–Kier alpha value is -3.81. The highest BCUT2D eigenvalue weighted by Gasteiger charge is 2.33. The number of amides is 1. The molecule has 31 heavy (non-hydrogen) atoms. The Morgan fingerprint density at radius 2 is 1.71 bits per heavy atom. The Morgan fingerprint density at radius 1 is 1.06 bits per heavy atom. The minimum absolute atomic E-state index is 0.0544. The predicted molar refractivity (Wildman–Crippen MR) is 114 cm³/mol. The lowest BCUT2D eigenvalue weighted by molar-refractivity contribution is -0.150. The van der Waals surface area contributed by atoms with Gasteiger partial charge in [0.15, 0.2) is 17.3 Å². The lowest BCUT2D eigenvalue weighted by Gasteiger charge is -2.16. The summed E-state index contributed by atoms with van der Waals surface area (Å²) in [7, 11) is 3.89. The van der Waals surface area contributed by atoms with Gasteiger partial charge in [-0.3, -0.25) is 9.59 Å². The molecule has 1 amide bonds. The number of phenols is 1. The number of methoxy groups -OCH3 is 3. The van der Waals surface area contributed by atoms with E-state index in [4.69, 9.17) is 9.47 Å². The van der Waals surface area contributed by atoms with Gasteiger partial charge in [-0.25, -0.2) is 4.79 Å². The molecule has 0 fully saturated rings. The number of carbonyl (C=O) groups excluding carboxylic acids is 3. The minimum Gasteiger partial charge on any atom is -0.507 e. The van der Waals surface area contributed by atoms with Crippen molar-refractivity contribution in [3.8, 4) is 17.2 Å². The second-order valence-corrected chi connectivity index (χ2v) is 7.15. The molecule has 0 aliphatic heterocycles. The molecule has 0 unspecified atom stereocenters. The number of carbonyl (C=O) groups is 3. The van der Waals surface area contributed by atoms with E-state index in [1.165, 1.54) is 14.2 Å². The molecule has 3 rings (SSSR count). The maximum Gasteiger partial charge on any atom is 0.396 e. The third-order valence-corrected chi connectivity index (χ3v) is 5.11. The van der Waals surface area contributed by atoms with Crippen LogP contribution in [0.5, 0.6) is 17.2 Å². The van der Waals surface area contributed by atoms with Crippen LogP contribution in [0.1, 0.15) is 32.6 Å². The highest BCUT2D eigenvalue weighted by Crippen LogP contribution is 2.45. The van der Waals surface area contributed by atoms with E-state index in [9.17, 15) is 19.5 Å². The number of Topliss-reactive ketones (excluding diaryl/α,β-unsaturated/α-hetero) is 1. The van der Waals surface area contributed by atoms with Crippen molar-refractivity contribution in [3.05, 3.63) is 51.6 Å². The summed E-state index contributed by atoms with van der Waals surface area (Å²) in [6.07, 6.45) is 2.04. The number of nitrogens with one attached hydrogen (secondary N) is 1. The van der Waals surface area contributed by atoms with E-state index in [1.807, 2.05) is 0 Å². The zero-order valence-corrected chi connectivity index (χ0v) is 17.9.